The van der Waals surface area contributed by atoms with Gasteiger partial charge >= 0.3 is 0 Å². The average molecular weight is 319 g/mol. The molecule has 0 amide bonds. The predicted molar refractivity (Wildman–Crippen MR) is 87.6 cm³/mol. The average Bonchev–Trinajstić information content (AvgIpc) is 3.13. The van der Waals surface area contributed by atoms with E-state index in [1.165, 1.54) is 40.6 Å². The molecule has 21 heavy (non-hydrogen) atoms. The van der Waals surface area contributed by atoms with Crippen LogP contribution in [0.4, 0.5) is 5.13 Å². The number of thioether (sulfide) groups is 1. The Bertz CT molecular complexity index is 669. The summed E-state index contributed by atoms with van der Waals surface area (Å²) in [6, 6.07) is 6.14. The van der Waals surface area contributed by atoms with E-state index in [1.54, 1.807) is 0 Å². The van der Waals surface area contributed by atoms with Crippen molar-refractivity contribution in [3.63, 3.8) is 0 Å². The summed E-state index contributed by atoms with van der Waals surface area (Å²) in [6.07, 6.45) is 3.44. The van der Waals surface area contributed by atoms with Crippen LogP contribution in [0.15, 0.2) is 22.5 Å². The molecule has 0 saturated carbocycles. The number of nitrogens with zero attached hydrogens (tertiary/aromatic N) is 2. The van der Waals surface area contributed by atoms with Gasteiger partial charge in [0.25, 0.3) is 0 Å². The standard InChI is InChI=1S/C15H17N3OS2/c1-9(20-15-18-17-14(16-2)21-15)13(19)12-7-6-10-4-3-5-11(10)8-12/h6-9H,3-5H2,1-2H3,(H,16,17)/t9-/m0/s1. The summed E-state index contributed by atoms with van der Waals surface area (Å²) < 4.78 is 0.821. The zero-order valence-electron chi connectivity index (χ0n) is 12.0. The molecule has 1 atom stereocenters. The number of rotatable bonds is 5. The zero-order valence-corrected chi connectivity index (χ0v) is 13.7. The van der Waals surface area contributed by atoms with E-state index in [9.17, 15) is 4.79 Å². The summed E-state index contributed by atoms with van der Waals surface area (Å²) in [5, 5.41) is 11.6. The second-order valence-electron chi connectivity index (χ2n) is 5.08. The van der Waals surface area contributed by atoms with E-state index in [4.69, 9.17) is 0 Å². The summed E-state index contributed by atoms with van der Waals surface area (Å²) in [4.78, 5) is 12.5. The van der Waals surface area contributed by atoms with Gasteiger partial charge in [0.1, 0.15) is 0 Å². The zero-order chi connectivity index (χ0) is 14.8. The van der Waals surface area contributed by atoms with Crippen LogP contribution >= 0.6 is 23.1 Å². The normalized spacial score (nSPS) is 14.8. The van der Waals surface area contributed by atoms with Gasteiger partial charge < -0.3 is 5.32 Å². The summed E-state index contributed by atoms with van der Waals surface area (Å²) >= 11 is 2.94. The van der Waals surface area contributed by atoms with Crippen molar-refractivity contribution in [1.29, 1.82) is 0 Å². The first kappa shape index (κ1) is 14.5. The quantitative estimate of drug-likeness (QED) is 0.676. The molecule has 0 fully saturated rings. The lowest BCUT2D eigenvalue weighted by atomic mass is 10.0. The molecule has 0 aliphatic heterocycles. The van der Waals surface area contributed by atoms with Gasteiger partial charge in [-0.1, -0.05) is 35.2 Å². The van der Waals surface area contributed by atoms with Gasteiger partial charge in [0.15, 0.2) is 10.1 Å². The first-order valence-electron chi connectivity index (χ1n) is 7.01. The Morgan fingerprint density at radius 1 is 1.33 bits per heavy atom. The third-order valence-corrected chi connectivity index (χ3v) is 5.78. The van der Waals surface area contributed by atoms with Crippen LogP contribution in [0, 0.1) is 0 Å². The van der Waals surface area contributed by atoms with Gasteiger partial charge in [-0.15, -0.1) is 10.2 Å². The Kier molecular flexibility index (Phi) is 4.26. The van der Waals surface area contributed by atoms with Crippen LogP contribution in [0.5, 0.6) is 0 Å². The smallest absolute Gasteiger partial charge is 0.206 e. The summed E-state index contributed by atoms with van der Waals surface area (Å²) in [5.41, 5.74) is 3.55. The SMILES string of the molecule is CNc1nnc(S[C@@H](C)C(=O)c2ccc3c(c2)CCC3)s1. The molecule has 0 saturated heterocycles. The van der Waals surface area contributed by atoms with Crippen LogP contribution in [0.25, 0.3) is 0 Å². The van der Waals surface area contributed by atoms with E-state index < -0.39 is 0 Å². The van der Waals surface area contributed by atoms with Crippen LogP contribution in [0.3, 0.4) is 0 Å². The first-order valence-corrected chi connectivity index (χ1v) is 8.71. The molecule has 1 heterocycles. The molecule has 1 aliphatic carbocycles. The van der Waals surface area contributed by atoms with E-state index in [1.807, 2.05) is 20.0 Å². The van der Waals surface area contributed by atoms with E-state index >= 15 is 0 Å². The fourth-order valence-corrected chi connectivity index (χ4v) is 4.45. The molecule has 0 bridgehead atoms. The minimum atomic E-state index is -0.151. The monoisotopic (exact) mass is 319 g/mol. The van der Waals surface area contributed by atoms with E-state index in [0.717, 1.165) is 27.9 Å². The summed E-state index contributed by atoms with van der Waals surface area (Å²) in [5.74, 6) is 0.163. The van der Waals surface area contributed by atoms with Crippen LogP contribution in [0.1, 0.15) is 34.8 Å². The number of hydrogen-bond donors (Lipinski definition) is 1. The number of anilines is 1. The second kappa shape index (κ2) is 6.15. The van der Waals surface area contributed by atoms with E-state index in [2.05, 4.69) is 27.6 Å². The Morgan fingerprint density at radius 2 is 2.14 bits per heavy atom. The van der Waals surface area contributed by atoms with Gasteiger partial charge in [-0.3, -0.25) is 4.79 Å². The number of Topliss-reactive ketones (excluding diaryl/α,β-unsaturated/α-hetero) is 1. The van der Waals surface area contributed by atoms with Gasteiger partial charge in [0, 0.05) is 12.6 Å². The molecule has 0 unspecified atom stereocenters. The highest BCUT2D eigenvalue weighted by Gasteiger charge is 2.20. The molecule has 2 aromatic rings. The van der Waals surface area contributed by atoms with Crippen LogP contribution in [-0.2, 0) is 12.8 Å². The Labute approximate surface area is 132 Å². The molecule has 1 aromatic carbocycles. The Hall–Kier alpha value is -1.40. The molecular weight excluding hydrogens is 302 g/mol. The molecular formula is C15H17N3OS2. The van der Waals surface area contributed by atoms with Crippen molar-refractivity contribution in [3.05, 3.63) is 34.9 Å². The maximum atomic E-state index is 12.5. The van der Waals surface area contributed by atoms with Gasteiger partial charge in [0.2, 0.25) is 5.13 Å². The lowest BCUT2D eigenvalue weighted by Crippen LogP contribution is -2.13. The third-order valence-electron chi connectivity index (χ3n) is 3.65. The van der Waals surface area contributed by atoms with Crippen molar-refractivity contribution < 1.29 is 4.79 Å². The minimum absolute atomic E-state index is 0.151. The summed E-state index contributed by atoms with van der Waals surface area (Å²) in [7, 11) is 1.81. The Balaban J connectivity index is 1.72. The second-order valence-corrected chi connectivity index (χ2v) is 7.65. The number of hydrogen-bond acceptors (Lipinski definition) is 6. The number of carbonyl (C=O) groups excluding carboxylic acids is 1. The number of nitrogens with one attached hydrogen (secondary N) is 1. The van der Waals surface area contributed by atoms with Crippen molar-refractivity contribution >= 4 is 34.0 Å². The number of ketones is 1. The lowest BCUT2D eigenvalue weighted by molar-refractivity contribution is 0.0994. The summed E-state index contributed by atoms with van der Waals surface area (Å²) in [6.45, 7) is 1.93. The first-order chi connectivity index (χ1) is 10.2. The molecule has 0 radical (unpaired) electrons. The maximum Gasteiger partial charge on any atom is 0.206 e. The number of aryl methyl sites for hydroxylation is 2. The van der Waals surface area contributed by atoms with E-state index in [0.29, 0.717) is 0 Å². The third kappa shape index (κ3) is 3.11. The van der Waals surface area contributed by atoms with Crippen molar-refractivity contribution in [1.82, 2.24) is 10.2 Å². The van der Waals surface area contributed by atoms with Crippen molar-refractivity contribution in [3.8, 4) is 0 Å². The Morgan fingerprint density at radius 3 is 2.90 bits per heavy atom. The number of benzene rings is 1. The molecule has 0 spiro atoms. The predicted octanol–water partition coefficient (Wildman–Crippen LogP) is 3.43. The van der Waals surface area contributed by atoms with Crippen LogP contribution in [0.2, 0.25) is 0 Å². The van der Waals surface area contributed by atoms with Crippen LogP contribution < -0.4 is 5.32 Å². The highest BCUT2D eigenvalue weighted by Crippen LogP contribution is 2.31. The number of aromatic nitrogens is 2. The fraction of sp³-hybridized carbons (Fsp3) is 0.400. The lowest BCUT2D eigenvalue weighted by Gasteiger charge is -2.09. The highest BCUT2D eigenvalue weighted by atomic mass is 32.2. The molecule has 1 N–H and O–H groups in total. The number of carbonyl (C=O) groups is 1. The molecule has 110 valence electrons. The maximum absolute atomic E-state index is 12.5. The molecule has 3 rings (SSSR count). The van der Waals surface area contributed by atoms with Gasteiger partial charge in [-0.2, -0.15) is 0 Å². The molecule has 1 aromatic heterocycles. The topological polar surface area (TPSA) is 54.9 Å². The van der Waals surface area contributed by atoms with Crippen molar-refractivity contribution in [2.75, 3.05) is 12.4 Å². The van der Waals surface area contributed by atoms with Crippen molar-refractivity contribution in [2.24, 2.45) is 0 Å². The van der Waals surface area contributed by atoms with Crippen molar-refractivity contribution in [2.45, 2.75) is 35.8 Å². The molecule has 4 nitrogen and oxygen atoms in total. The minimum Gasteiger partial charge on any atom is -0.363 e. The van der Waals surface area contributed by atoms with Gasteiger partial charge in [-0.05, 0) is 43.4 Å². The van der Waals surface area contributed by atoms with Gasteiger partial charge in [0.05, 0.1) is 5.25 Å². The molecule has 6 heteroatoms. The fourth-order valence-electron chi connectivity index (χ4n) is 2.52. The number of fused-ring (bicyclic) bond motifs is 1. The largest absolute Gasteiger partial charge is 0.363 e. The van der Waals surface area contributed by atoms with Crippen LogP contribution in [-0.4, -0.2) is 28.3 Å². The van der Waals surface area contributed by atoms with Gasteiger partial charge in [-0.25, -0.2) is 0 Å². The highest BCUT2D eigenvalue weighted by molar-refractivity contribution is 8.02. The van der Waals surface area contributed by atoms with E-state index in [-0.39, 0.29) is 11.0 Å². The molecule has 1 aliphatic rings.